The molecule has 0 aliphatic heterocycles. The summed E-state index contributed by atoms with van der Waals surface area (Å²) in [7, 11) is 1.88. The Balaban J connectivity index is 2.46. The van der Waals surface area contributed by atoms with Gasteiger partial charge in [-0.25, -0.2) is 0 Å². The summed E-state index contributed by atoms with van der Waals surface area (Å²) in [6, 6.07) is 8.21. The molecule has 0 atom stereocenters. The maximum atomic E-state index is 11.8. The zero-order valence-corrected chi connectivity index (χ0v) is 11.7. The van der Waals surface area contributed by atoms with E-state index in [0.29, 0.717) is 13.0 Å². The number of benzene rings is 1. The van der Waals surface area contributed by atoms with Gasteiger partial charge in [0.25, 0.3) is 0 Å². The zero-order chi connectivity index (χ0) is 12.7. The molecule has 0 heterocycles. The van der Waals surface area contributed by atoms with Crippen LogP contribution in [-0.4, -0.2) is 29.4 Å². The average Bonchev–Trinajstić information content (AvgIpc) is 2.32. The Morgan fingerprint density at radius 1 is 1.35 bits per heavy atom. The summed E-state index contributed by atoms with van der Waals surface area (Å²) in [6.07, 6.45) is 0.640. The molecule has 1 rings (SSSR count). The van der Waals surface area contributed by atoms with E-state index in [1.807, 2.05) is 35.8 Å². The highest BCUT2D eigenvalue weighted by molar-refractivity contribution is 7.99. The van der Waals surface area contributed by atoms with Crippen LogP contribution in [0.3, 0.4) is 0 Å². The fourth-order valence-electron chi connectivity index (χ4n) is 1.63. The molecule has 1 aromatic rings. The number of carbonyl (C=O) groups is 1. The fourth-order valence-corrected chi connectivity index (χ4v) is 2.23. The molecular weight excluding hydrogens is 230 g/mol. The van der Waals surface area contributed by atoms with E-state index in [-0.39, 0.29) is 5.91 Å². The molecule has 1 aromatic carbocycles. The maximum Gasteiger partial charge on any atom is 0.223 e. The number of thioether (sulfide) groups is 1. The van der Waals surface area contributed by atoms with Crippen LogP contribution in [0, 0.1) is 6.92 Å². The molecule has 2 nitrogen and oxygen atoms in total. The standard InChI is InChI=1S/C14H21NOS/c1-4-17-10-9-14(16)15(3)11-13-8-6-5-7-12(13)2/h5-8H,4,9-11H2,1-3H3. The van der Waals surface area contributed by atoms with Crippen molar-refractivity contribution in [2.24, 2.45) is 0 Å². The molecule has 0 saturated carbocycles. The molecule has 0 bridgehead atoms. The van der Waals surface area contributed by atoms with Gasteiger partial charge in [-0.05, 0) is 23.8 Å². The Kier molecular flexibility index (Phi) is 6.12. The number of nitrogens with zero attached hydrogens (tertiary/aromatic N) is 1. The van der Waals surface area contributed by atoms with E-state index in [4.69, 9.17) is 0 Å². The largest absolute Gasteiger partial charge is 0.341 e. The molecule has 0 aromatic heterocycles. The lowest BCUT2D eigenvalue weighted by Crippen LogP contribution is -2.26. The Morgan fingerprint density at radius 3 is 2.71 bits per heavy atom. The van der Waals surface area contributed by atoms with Crippen LogP contribution in [-0.2, 0) is 11.3 Å². The number of hydrogen-bond acceptors (Lipinski definition) is 2. The van der Waals surface area contributed by atoms with Crippen LogP contribution in [0.4, 0.5) is 0 Å². The summed E-state index contributed by atoms with van der Waals surface area (Å²) in [5, 5.41) is 0. The van der Waals surface area contributed by atoms with E-state index in [9.17, 15) is 4.79 Å². The number of aryl methyl sites for hydroxylation is 1. The summed E-state index contributed by atoms with van der Waals surface area (Å²) in [5.41, 5.74) is 2.47. The predicted octanol–water partition coefficient (Wildman–Crippen LogP) is 3.10. The van der Waals surface area contributed by atoms with Gasteiger partial charge in [0.1, 0.15) is 0 Å². The lowest BCUT2D eigenvalue weighted by atomic mass is 10.1. The van der Waals surface area contributed by atoms with E-state index in [1.165, 1.54) is 11.1 Å². The minimum absolute atomic E-state index is 0.231. The van der Waals surface area contributed by atoms with Gasteiger partial charge in [0.05, 0.1) is 0 Å². The van der Waals surface area contributed by atoms with Crippen molar-refractivity contribution in [1.29, 1.82) is 0 Å². The first-order chi connectivity index (χ1) is 8.15. The smallest absolute Gasteiger partial charge is 0.223 e. The minimum Gasteiger partial charge on any atom is -0.341 e. The van der Waals surface area contributed by atoms with Gasteiger partial charge in [0.15, 0.2) is 0 Å². The third kappa shape index (κ3) is 4.82. The van der Waals surface area contributed by atoms with Gasteiger partial charge < -0.3 is 4.90 Å². The van der Waals surface area contributed by atoms with Crippen LogP contribution in [0.2, 0.25) is 0 Å². The normalized spacial score (nSPS) is 10.3. The Morgan fingerprint density at radius 2 is 2.06 bits per heavy atom. The minimum atomic E-state index is 0.231. The summed E-state index contributed by atoms with van der Waals surface area (Å²) < 4.78 is 0. The van der Waals surface area contributed by atoms with Crippen molar-refractivity contribution in [2.45, 2.75) is 26.8 Å². The van der Waals surface area contributed by atoms with Crippen LogP contribution < -0.4 is 0 Å². The van der Waals surface area contributed by atoms with Gasteiger partial charge in [-0.3, -0.25) is 4.79 Å². The van der Waals surface area contributed by atoms with E-state index in [0.717, 1.165) is 11.5 Å². The van der Waals surface area contributed by atoms with Gasteiger partial charge in [-0.2, -0.15) is 11.8 Å². The van der Waals surface area contributed by atoms with Crippen LogP contribution in [0.15, 0.2) is 24.3 Å². The number of hydrogen-bond donors (Lipinski definition) is 0. The molecule has 0 saturated heterocycles. The third-order valence-corrected chi connectivity index (χ3v) is 3.66. The highest BCUT2D eigenvalue weighted by atomic mass is 32.2. The fraction of sp³-hybridized carbons (Fsp3) is 0.500. The molecule has 0 unspecified atom stereocenters. The summed E-state index contributed by atoms with van der Waals surface area (Å²) in [4.78, 5) is 13.7. The van der Waals surface area contributed by atoms with Crippen molar-refractivity contribution in [3.63, 3.8) is 0 Å². The predicted molar refractivity (Wildman–Crippen MR) is 75.3 cm³/mol. The molecule has 17 heavy (non-hydrogen) atoms. The van der Waals surface area contributed by atoms with Gasteiger partial charge in [-0.15, -0.1) is 0 Å². The van der Waals surface area contributed by atoms with Gasteiger partial charge >= 0.3 is 0 Å². The van der Waals surface area contributed by atoms with E-state index < -0.39 is 0 Å². The molecule has 0 spiro atoms. The molecule has 0 N–H and O–H groups in total. The van der Waals surface area contributed by atoms with Crippen LogP contribution >= 0.6 is 11.8 Å². The average molecular weight is 251 g/mol. The Hall–Kier alpha value is -0.960. The van der Waals surface area contributed by atoms with Gasteiger partial charge in [0.2, 0.25) is 5.91 Å². The summed E-state index contributed by atoms with van der Waals surface area (Å²) >= 11 is 1.82. The molecule has 0 aliphatic rings. The highest BCUT2D eigenvalue weighted by Crippen LogP contribution is 2.11. The second-order valence-electron chi connectivity index (χ2n) is 4.12. The maximum absolute atomic E-state index is 11.8. The van der Waals surface area contributed by atoms with Crippen molar-refractivity contribution in [1.82, 2.24) is 4.90 Å². The van der Waals surface area contributed by atoms with Crippen LogP contribution in [0.25, 0.3) is 0 Å². The lowest BCUT2D eigenvalue weighted by Gasteiger charge is -2.18. The SMILES string of the molecule is CCSCCC(=O)N(C)Cc1ccccc1C. The van der Waals surface area contributed by atoms with E-state index in [1.54, 1.807) is 0 Å². The zero-order valence-electron chi connectivity index (χ0n) is 10.9. The first kappa shape index (κ1) is 14.1. The Bertz CT molecular complexity index is 365. The quantitative estimate of drug-likeness (QED) is 0.724. The number of carbonyl (C=O) groups excluding carboxylic acids is 1. The van der Waals surface area contributed by atoms with E-state index >= 15 is 0 Å². The van der Waals surface area contributed by atoms with Crippen LogP contribution in [0.5, 0.6) is 0 Å². The molecule has 1 amide bonds. The molecule has 0 aliphatic carbocycles. The van der Waals surface area contributed by atoms with Gasteiger partial charge in [-0.1, -0.05) is 31.2 Å². The molecular formula is C14H21NOS. The lowest BCUT2D eigenvalue weighted by molar-refractivity contribution is -0.129. The monoisotopic (exact) mass is 251 g/mol. The summed E-state index contributed by atoms with van der Waals surface area (Å²) in [5.74, 6) is 2.23. The first-order valence-electron chi connectivity index (χ1n) is 6.01. The van der Waals surface area contributed by atoms with Crippen molar-refractivity contribution < 1.29 is 4.79 Å². The molecule has 94 valence electrons. The van der Waals surface area contributed by atoms with Crippen molar-refractivity contribution in [2.75, 3.05) is 18.6 Å². The van der Waals surface area contributed by atoms with Crippen molar-refractivity contribution in [3.8, 4) is 0 Å². The second kappa shape index (κ2) is 7.38. The second-order valence-corrected chi connectivity index (χ2v) is 5.52. The third-order valence-electron chi connectivity index (χ3n) is 2.76. The van der Waals surface area contributed by atoms with Crippen molar-refractivity contribution >= 4 is 17.7 Å². The van der Waals surface area contributed by atoms with Crippen LogP contribution in [0.1, 0.15) is 24.5 Å². The molecule has 0 radical (unpaired) electrons. The van der Waals surface area contributed by atoms with Crippen molar-refractivity contribution in [3.05, 3.63) is 35.4 Å². The summed E-state index contributed by atoms with van der Waals surface area (Å²) in [6.45, 7) is 4.91. The first-order valence-corrected chi connectivity index (χ1v) is 7.16. The Labute approximate surface area is 108 Å². The highest BCUT2D eigenvalue weighted by Gasteiger charge is 2.09. The number of amides is 1. The topological polar surface area (TPSA) is 20.3 Å². The molecule has 0 fully saturated rings. The molecule has 3 heteroatoms. The van der Waals surface area contributed by atoms with Gasteiger partial charge in [0, 0.05) is 25.8 Å². The number of rotatable bonds is 6. The van der Waals surface area contributed by atoms with E-state index in [2.05, 4.69) is 26.0 Å².